The maximum atomic E-state index is 13.1. The van der Waals surface area contributed by atoms with Gasteiger partial charge in [-0.3, -0.25) is 5.43 Å². The first kappa shape index (κ1) is 19.6. The van der Waals surface area contributed by atoms with Crippen LogP contribution >= 0.6 is 0 Å². The third-order valence-electron chi connectivity index (χ3n) is 4.66. The predicted molar refractivity (Wildman–Crippen MR) is 99.5 cm³/mol. The number of fused-ring (bicyclic) bond motifs is 1. The van der Waals surface area contributed by atoms with Gasteiger partial charge in [-0.15, -0.1) is 4.31 Å². The summed E-state index contributed by atoms with van der Waals surface area (Å²) in [6.07, 6.45) is -3.38. The van der Waals surface area contributed by atoms with Gasteiger partial charge in [0.25, 0.3) is 0 Å². The van der Waals surface area contributed by atoms with Gasteiger partial charge in [0.15, 0.2) is 10.7 Å². The summed E-state index contributed by atoms with van der Waals surface area (Å²) in [6, 6.07) is 8.57. The van der Waals surface area contributed by atoms with Crippen LogP contribution in [0.2, 0.25) is 0 Å². The standard InChI is InChI=1S/C17H16F3N7OS/c18-17(19,20)16-23-22-14-5-6-15(24-27(14)16)25-7-9-26(10-8-25)29(28)13-3-1-12(11-21)2-4-13/h1-6,16,23H,7-10H2. The van der Waals surface area contributed by atoms with Crippen molar-refractivity contribution < 1.29 is 17.7 Å². The molecule has 1 fully saturated rings. The molecule has 1 aromatic carbocycles. The van der Waals surface area contributed by atoms with Gasteiger partial charge in [-0.1, -0.05) is 0 Å². The molecular weight excluding hydrogens is 407 g/mol. The molecule has 0 aliphatic carbocycles. The molecule has 2 atom stereocenters. The van der Waals surface area contributed by atoms with E-state index in [-0.39, 0.29) is 5.84 Å². The highest BCUT2D eigenvalue weighted by Gasteiger charge is 2.49. The van der Waals surface area contributed by atoms with Crippen LogP contribution in [-0.2, 0) is 11.4 Å². The number of alkyl halides is 3. The van der Waals surface area contributed by atoms with Crippen LogP contribution in [0.5, 0.6) is 0 Å². The van der Waals surface area contributed by atoms with Crippen LogP contribution in [0.25, 0.3) is 0 Å². The predicted octanol–water partition coefficient (Wildman–Crippen LogP) is 1.19. The van der Waals surface area contributed by atoms with E-state index >= 15 is 0 Å². The van der Waals surface area contributed by atoms with Crippen molar-refractivity contribution >= 4 is 23.0 Å². The molecule has 29 heavy (non-hydrogen) atoms. The zero-order valence-electron chi connectivity index (χ0n) is 15.0. The Morgan fingerprint density at radius 3 is 2.38 bits per heavy atom. The highest BCUT2D eigenvalue weighted by atomic mass is 32.2. The molecule has 4 rings (SSSR count). The van der Waals surface area contributed by atoms with E-state index in [1.807, 2.05) is 11.0 Å². The second-order valence-corrected chi connectivity index (χ2v) is 7.97. The van der Waals surface area contributed by atoms with Crippen molar-refractivity contribution in [2.75, 3.05) is 26.2 Å². The van der Waals surface area contributed by atoms with Gasteiger partial charge >= 0.3 is 6.18 Å². The molecule has 0 saturated carbocycles. The molecule has 2 unspecified atom stereocenters. The lowest BCUT2D eigenvalue weighted by Gasteiger charge is -2.36. The van der Waals surface area contributed by atoms with Crippen LogP contribution < -0.4 is 5.43 Å². The number of rotatable bonds is 2. The molecule has 0 radical (unpaired) electrons. The summed E-state index contributed by atoms with van der Waals surface area (Å²) < 4.78 is 53.8. The Hall–Kier alpha value is -2.75. The first-order valence-electron chi connectivity index (χ1n) is 8.74. The van der Waals surface area contributed by atoms with Crippen molar-refractivity contribution in [2.45, 2.75) is 17.2 Å². The molecule has 12 heteroatoms. The lowest BCUT2D eigenvalue weighted by atomic mass is 10.2. The van der Waals surface area contributed by atoms with Crippen molar-refractivity contribution in [2.24, 2.45) is 10.2 Å². The third-order valence-corrected chi connectivity index (χ3v) is 6.17. The minimum atomic E-state index is -4.51. The Bertz CT molecular complexity index is 901. The summed E-state index contributed by atoms with van der Waals surface area (Å²) >= 11 is -1.37. The molecule has 3 heterocycles. The first-order valence-corrected chi connectivity index (χ1v) is 9.85. The number of halogens is 3. The van der Waals surface area contributed by atoms with E-state index in [9.17, 15) is 17.7 Å². The Morgan fingerprint density at radius 2 is 1.76 bits per heavy atom. The number of hydrogen-bond donors (Lipinski definition) is 1. The average molecular weight is 423 g/mol. The Labute approximate surface area is 167 Å². The lowest BCUT2D eigenvalue weighted by molar-refractivity contribution is -0.178. The molecule has 152 valence electrons. The Balaban J connectivity index is 1.40. The highest BCUT2D eigenvalue weighted by Crippen LogP contribution is 2.28. The van der Waals surface area contributed by atoms with E-state index < -0.39 is 23.7 Å². The van der Waals surface area contributed by atoms with Crippen LogP contribution in [0.4, 0.5) is 13.2 Å². The van der Waals surface area contributed by atoms with Crippen LogP contribution in [0, 0.1) is 11.3 Å². The third kappa shape index (κ3) is 3.89. The summed E-state index contributed by atoms with van der Waals surface area (Å²) in [7, 11) is 0. The van der Waals surface area contributed by atoms with E-state index in [1.165, 1.54) is 6.08 Å². The molecule has 3 aliphatic rings. The van der Waals surface area contributed by atoms with Gasteiger partial charge in [0.1, 0.15) is 5.84 Å². The van der Waals surface area contributed by atoms with E-state index in [0.29, 0.717) is 42.5 Å². The SMILES string of the molecule is N#Cc1ccc([S+]([O-])N2CCN(C3=NN4C(=NNC4C(F)(F)F)C=C3)CC2)cc1. The number of amidine groups is 2. The van der Waals surface area contributed by atoms with Crippen molar-refractivity contribution in [1.29, 1.82) is 5.26 Å². The summed E-state index contributed by atoms with van der Waals surface area (Å²) in [5.74, 6) is 0.516. The number of hydrazone groups is 2. The Kier molecular flexibility index (Phi) is 5.12. The van der Waals surface area contributed by atoms with Crippen molar-refractivity contribution in [3.63, 3.8) is 0 Å². The van der Waals surface area contributed by atoms with Gasteiger partial charge in [-0.25, -0.2) is 5.01 Å². The monoisotopic (exact) mass is 423 g/mol. The molecular formula is C17H16F3N7OS. The normalized spacial score (nSPS) is 23.1. The van der Waals surface area contributed by atoms with Crippen LogP contribution in [-0.4, -0.2) is 69.0 Å². The van der Waals surface area contributed by atoms with E-state index in [2.05, 4.69) is 15.6 Å². The van der Waals surface area contributed by atoms with Gasteiger partial charge in [0.05, 0.1) is 36.1 Å². The zero-order valence-corrected chi connectivity index (χ0v) is 15.8. The van der Waals surface area contributed by atoms with Gasteiger partial charge in [0.2, 0.25) is 6.17 Å². The first-order chi connectivity index (χ1) is 13.9. The summed E-state index contributed by atoms with van der Waals surface area (Å²) in [5, 5.41) is 17.5. The van der Waals surface area contributed by atoms with Crippen molar-refractivity contribution in [1.82, 2.24) is 19.6 Å². The van der Waals surface area contributed by atoms with Crippen LogP contribution in [0.1, 0.15) is 5.56 Å². The van der Waals surface area contributed by atoms with Crippen molar-refractivity contribution in [3.05, 3.63) is 42.0 Å². The van der Waals surface area contributed by atoms with Gasteiger partial charge in [-0.2, -0.15) is 28.6 Å². The maximum Gasteiger partial charge on any atom is 0.430 e. The second-order valence-electron chi connectivity index (χ2n) is 6.48. The van der Waals surface area contributed by atoms with E-state index in [1.54, 1.807) is 34.6 Å². The molecule has 1 N–H and O–H groups in total. The molecule has 1 saturated heterocycles. The maximum absolute atomic E-state index is 13.1. The molecule has 0 amide bonds. The molecule has 0 aromatic heterocycles. The summed E-state index contributed by atoms with van der Waals surface area (Å²) in [4.78, 5) is 2.45. The van der Waals surface area contributed by atoms with Crippen LogP contribution in [0.3, 0.4) is 0 Å². The van der Waals surface area contributed by atoms with Gasteiger partial charge in [-0.05, 0) is 36.4 Å². The highest BCUT2D eigenvalue weighted by molar-refractivity contribution is 7.89. The van der Waals surface area contributed by atoms with Crippen LogP contribution in [0.15, 0.2) is 51.5 Å². The second kappa shape index (κ2) is 7.58. The average Bonchev–Trinajstić information content (AvgIpc) is 3.17. The van der Waals surface area contributed by atoms with E-state index in [0.717, 1.165) is 5.01 Å². The zero-order chi connectivity index (χ0) is 20.6. The fraction of sp³-hybridized carbons (Fsp3) is 0.353. The van der Waals surface area contributed by atoms with Gasteiger partial charge in [0, 0.05) is 13.1 Å². The number of nitriles is 1. The van der Waals surface area contributed by atoms with E-state index in [4.69, 9.17) is 5.26 Å². The summed E-state index contributed by atoms with van der Waals surface area (Å²) in [6.45, 7) is 1.86. The quantitative estimate of drug-likeness (QED) is 0.719. The number of benzene rings is 1. The fourth-order valence-corrected chi connectivity index (χ4v) is 4.30. The molecule has 8 nitrogen and oxygen atoms in total. The molecule has 0 bridgehead atoms. The summed E-state index contributed by atoms with van der Waals surface area (Å²) in [5.41, 5.74) is 2.55. The minimum absolute atomic E-state index is 0.108. The molecule has 1 aromatic rings. The fourth-order valence-electron chi connectivity index (χ4n) is 3.14. The lowest BCUT2D eigenvalue weighted by Crippen LogP contribution is -2.53. The van der Waals surface area contributed by atoms with Crippen molar-refractivity contribution in [3.8, 4) is 6.07 Å². The van der Waals surface area contributed by atoms with Gasteiger partial charge < -0.3 is 9.45 Å². The minimum Gasteiger partial charge on any atom is -0.593 e. The number of piperazine rings is 1. The Morgan fingerprint density at radius 1 is 1.10 bits per heavy atom. The topological polar surface area (TPSA) is 93.3 Å². The number of hydrogen-bond acceptors (Lipinski definition) is 8. The molecule has 3 aliphatic heterocycles. The smallest absolute Gasteiger partial charge is 0.430 e. The number of nitrogens with one attached hydrogen (secondary N) is 1. The molecule has 0 spiro atoms. The number of nitrogens with zero attached hydrogens (tertiary/aromatic N) is 6. The largest absolute Gasteiger partial charge is 0.593 e.